The lowest BCUT2D eigenvalue weighted by Gasteiger charge is -2.44. The van der Waals surface area contributed by atoms with Crippen LogP contribution < -0.4 is 27.8 Å². The summed E-state index contributed by atoms with van der Waals surface area (Å²) in [7, 11) is -9.32. The Bertz CT molecular complexity index is 2290. The molecule has 0 saturated heterocycles. The van der Waals surface area contributed by atoms with Crippen LogP contribution in [0.5, 0.6) is 34.5 Å². The molecule has 2 atom stereocenters. The van der Waals surface area contributed by atoms with E-state index in [0.29, 0.717) is 33.6 Å². The number of benzene rings is 6. The third-order valence-electron chi connectivity index (χ3n) is 8.46. The van der Waals surface area contributed by atoms with Gasteiger partial charge in [0.1, 0.15) is 28.7 Å². The third-order valence-corrected chi connectivity index (χ3v) is 15.3. The van der Waals surface area contributed by atoms with E-state index in [1.807, 2.05) is 6.07 Å². The Morgan fingerprint density at radius 3 is 1.29 bits per heavy atom. The first-order chi connectivity index (χ1) is 28.5. The van der Waals surface area contributed by atoms with E-state index in [4.69, 9.17) is 32.3 Å². The maximum Gasteiger partial charge on any atom is 0.447 e. The zero-order chi connectivity index (χ0) is 40.3. The largest absolute Gasteiger partial charge is 0.447 e. The number of hydrogen-bond donors (Lipinski definition) is 5. The standard InChI is InChI=1S/C41H40N3O11P3/c45-26-31-14-4-9-21-37(31)51-43-56(52-38-22-10-5-15-32(38)27-46)42-58(54-40-24-12-7-17-34(40)29-48,55-41-25-13-8-18-35(41)30-49)44(50-36-19-2-1-3-20-36)57(43)53-39-23-11-6-16-33(39)28-47/h1-25,45-49H,26-30H2. The molecule has 5 N–H and O–H groups in total. The minimum atomic E-state index is -4.26. The highest BCUT2D eigenvalue weighted by Gasteiger charge is 2.58. The molecular weight excluding hydrogens is 803 g/mol. The van der Waals surface area contributed by atoms with Gasteiger partial charge in [0.25, 0.3) is 0 Å². The lowest BCUT2D eigenvalue weighted by molar-refractivity contribution is 0.0528. The highest BCUT2D eigenvalue weighted by Crippen LogP contribution is 2.78. The molecule has 58 heavy (non-hydrogen) atoms. The first-order valence-electron chi connectivity index (χ1n) is 17.9. The number of aliphatic hydroxyl groups is 5. The molecular formula is C41H40N3O11P3. The number of aliphatic hydroxyl groups excluding tert-OH is 5. The molecule has 0 fully saturated rings. The molecule has 2 unspecified atom stereocenters. The second kappa shape index (κ2) is 19.6. The Kier molecular flexibility index (Phi) is 13.9. The van der Waals surface area contributed by atoms with Gasteiger partial charge in [0, 0.05) is 37.0 Å². The van der Waals surface area contributed by atoms with Crippen LogP contribution in [0.3, 0.4) is 0 Å². The highest BCUT2D eigenvalue weighted by atomic mass is 31.3. The molecule has 1 aliphatic rings. The smallest absolute Gasteiger partial charge is 0.440 e. The fraction of sp³-hybridized carbons (Fsp3) is 0.122. The van der Waals surface area contributed by atoms with E-state index >= 15 is 0 Å². The summed E-state index contributed by atoms with van der Waals surface area (Å²) in [5, 5.41) is 52.3. The molecule has 0 saturated carbocycles. The number of nitrogens with zero attached hydrogens (tertiary/aromatic N) is 3. The van der Waals surface area contributed by atoms with Crippen LogP contribution in [0, 0.1) is 0 Å². The Hall–Kier alpha value is -5.07. The molecule has 14 nitrogen and oxygen atoms in total. The van der Waals surface area contributed by atoms with E-state index in [1.54, 1.807) is 146 Å². The summed E-state index contributed by atoms with van der Waals surface area (Å²) < 4.78 is 35.6. The second-order valence-electron chi connectivity index (χ2n) is 12.3. The van der Waals surface area contributed by atoms with Crippen molar-refractivity contribution in [1.29, 1.82) is 0 Å². The molecule has 0 radical (unpaired) electrons. The molecule has 0 amide bonds. The second-order valence-corrected chi connectivity index (χ2v) is 17.8. The van der Waals surface area contributed by atoms with Crippen LogP contribution in [-0.2, 0) is 33.0 Å². The van der Waals surface area contributed by atoms with Gasteiger partial charge in [-0.1, -0.05) is 109 Å². The number of rotatable bonds is 17. The van der Waals surface area contributed by atoms with Gasteiger partial charge < -0.3 is 53.3 Å². The lowest BCUT2D eigenvalue weighted by atomic mass is 10.2. The van der Waals surface area contributed by atoms with Crippen molar-refractivity contribution >= 4 is 24.6 Å². The summed E-state index contributed by atoms with van der Waals surface area (Å²) in [6.07, 6.45) is 0. The first kappa shape index (κ1) is 41.1. The Labute approximate surface area is 337 Å². The highest BCUT2D eigenvalue weighted by molar-refractivity contribution is 7.78. The molecule has 7 rings (SSSR count). The van der Waals surface area contributed by atoms with Crippen LogP contribution in [0.2, 0.25) is 0 Å². The predicted molar refractivity (Wildman–Crippen MR) is 219 cm³/mol. The third kappa shape index (κ3) is 9.29. The van der Waals surface area contributed by atoms with E-state index in [-0.39, 0.29) is 48.6 Å². The molecule has 0 aromatic heterocycles. The maximum absolute atomic E-state index is 10.5. The Morgan fingerprint density at radius 2 is 0.810 bits per heavy atom. The van der Waals surface area contributed by atoms with Crippen LogP contribution in [0.1, 0.15) is 27.8 Å². The number of para-hydroxylation sites is 6. The maximum atomic E-state index is 10.5. The summed E-state index contributed by atoms with van der Waals surface area (Å²) in [6, 6.07) is 43.1. The minimum absolute atomic E-state index is 0.196. The van der Waals surface area contributed by atoms with Gasteiger partial charge in [0.2, 0.25) is 0 Å². The fourth-order valence-corrected chi connectivity index (χ4v) is 13.2. The van der Waals surface area contributed by atoms with Crippen molar-refractivity contribution in [3.8, 4) is 34.5 Å². The quantitative estimate of drug-likeness (QED) is 0.0552. The summed E-state index contributed by atoms with van der Waals surface area (Å²) >= 11 is 0. The fourth-order valence-electron chi connectivity index (χ4n) is 5.51. The molecule has 6 aromatic carbocycles. The molecule has 300 valence electrons. The van der Waals surface area contributed by atoms with E-state index in [2.05, 4.69) is 0 Å². The predicted octanol–water partition coefficient (Wildman–Crippen LogP) is 8.77. The summed E-state index contributed by atoms with van der Waals surface area (Å²) in [6.45, 7) is -1.93. The molecule has 1 aliphatic heterocycles. The first-order valence-corrected chi connectivity index (χ1v) is 21.8. The van der Waals surface area contributed by atoms with Crippen LogP contribution in [0.4, 0.5) is 0 Å². The van der Waals surface area contributed by atoms with Gasteiger partial charge in [-0.05, 0) is 42.5 Å². The van der Waals surface area contributed by atoms with Crippen LogP contribution >= 0.6 is 24.6 Å². The molecule has 0 bridgehead atoms. The molecule has 0 aliphatic carbocycles. The molecule has 6 aromatic rings. The van der Waals surface area contributed by atoms with Crippen molar-refractivity contribution in [2.75, 3.05) is 0 Å². The topological polar surface area (TPSA) is 175 Å². The SMILES string of the molecule is OCc1ccccc1ON1P(Oc2ccccc2CO)N=P(Oc2ccccc2CO)(Oc2ccccc2CO)N(Oc2ccccc2)P1Oc1ccccc1CO. The van der Waals surface area contributed by atoms with Crippen LogP contribution in [0.15, 0.2) is 156 Å². The van der Waals surface area contributed by atoms with Crippen molar-refractivity contribution in [2.24, 2.45) is 4.52 Å². The van der Waals surface area contributed by atoms with Crippen LogP contribution in [0.25, 0.3) is 0 Å². The van der Waals surface area contributed by atoms with E-state index < -0.39 is 37.8 Å². The normalized spacial score (nSPS) is 16.5. The van der Waals surface area contributed by atoms with Gasteiger partial charge in [0.05, 0.1) is 33.0 Å². The van der Waals surface area contributed by atoms with E-state index in [1.165, 1.54) is 9.21 Å². The minimum Gasteiger partial charge on any atom is -0.440 e. The zero-order valence-electron chi connectivity index (χ0n) is 30.8. The average Bonchev–Trinajstić information content (AvgIpc) is 3.27. The zero-order valence-corrected chi connectivity index (χ0v) is 33.5. The average molecular weight is 844 g/mol. The van der Waals surface area contributed by atoms with Gasteiger partial charge in [-0.3, -0.25) is 0 Å². The Balaban J connectivity index is 1.56. The number of hydrogen-bond acceptors (Lipinski definition) is 14. The summed E-state index contributed by atoms with van der Waals surface area (Å²) in [5.41, 5.74) is 2.11. The van der Waals surface area contributed by atoms with Gasteiger partial charge in [-0.25, -0.2) is 0 Å². The Morgan fingerprint density at radius 1 is 0.431 bits per heavy atom. The van der Waals surface area contributed by atoms with Crippen molar-refractivity contribution in [3.63, 3.8) is 0 Å². The molecule has 17 heteroatoms. The van der Waals surface area contributed by atoms with Crippen molar-refractivity contribution in [3.05, 3.63) is 179 Å². The molecule has 1 heterocycles. The van der Waals surface area contributed by atoms with E-state index in [0.717, 1.165) is 0 Å². The summed E-state index contributed by atoms with van der Waals surface area (Å²) in [5.74, 6) is 1.46. The van der Waals surface area contributed by atoms with Crippen molar-refractivity contribution < 1.29 is 53.3 Å². The van der Waals surface area contributed by atoms with Gasteiger partial charge in [-0.15, -0.1) is 4.52 Å². The van der Waals surface area contributed by atoms with Gasteiger partial charge >= 0.3 is 24.6 Å². The monoisotopic (exact) mass is 843 g/mol. The summed E-state index contributed by atoms with van der Waals surface area (Å²) in [4.78, 5) is 13.5. The lowest BCUT2D eigenvalue weighted by Crippen LogP contribution is -2.37. The van der Waals surface area contributed by atoms with Gasteiger partial charge in [-0.2, -0.15) is 0 Å². The molecule has 0 spiro atoms. The van der Waals surface area contributed by atoms with Crippen molar-refractivity contribution in [1.82, 2.24) is 9.21 Å². The van der Waals surface area contributed by atoms with Crippen LogP contribution in [-0.4, -0.2) is 34.7 Å². The van der Waals surface area contributed by atoms with E-state index in [9.17, 15) is 25.5 Å². The van der Waals surface area contributed by atoms with Gasteiger partial charge in [0.15, 0.2) is 5.75 Å². The van der Waals surface area contributed by atoms with Crippen molar-refractivity contribution in [2.45, 2.75) is 33.0 Å².